The number of hydrogen-bond donors (Lipinski definition) is 2. The number of rotatable bonds is 5. The molecule has 0 bridgehead atoms. The van der Waals surface area contributed by atoms with Crippen molar-refractivity contribution in [3.63, 3.8) is 0 Å². The molecule has 0 aliphatic rings. The largest absolute Gasteiger partial charge is 0.364 e. The molecule has 0 atom stereocenters. The Morgan fingerprint density at radius 2 is 2.10 bits per heavy atom. The van der Waals surface area contributed by atoms with Crippen LogP contribution in [0.4, 0.5) is 27.4 Å². The first-order valence-electron chi connectivity index (χ1n) is 5.98. The van der Waals surface area contributed by atoms with E-state index in [0.717, 1.165) is 6.07 Å². The highest BCUT2D eigenvalue weighted by Crippen LogP contribution is 2.33. The van der Waals surface area contributed by atoms with Crippen molar-refractivity contribution >= 4 is 34.6 Å². The van der Waals surface area contributed by atoms with Crippen molar-refractivity contribution in [2.45, 2.75) is 6.92 Å². The predicted octanol–water partition coefficient (Wildman–Crippen LogP) is 3.35. The molecule has 7 nitrogen and oxygen atoms in total. The molecule has 0 aliphatic heterocycles. The molecule has 2 rings (SSSR count). The van der Waals surface area contributed by atoms with E-state index < -0.39 is 10.7 Å². The van der Waals surface area contributed by atoms with Crippen LogP contribution in [-0.2, 0) is 0 Å². The first kappa shape index (κ1) is 14.9. The van der Waals surface area contributed by atoms with Gasteiger partial charge in [-0.2, -0.15) is 0 Å². The van der Waals surface area contributed by atoms with Crippen LogP contribution in [0.1, 0.15) is 6.92 Å². The van der Waals surface area contributed by atoms with Crippen LogP contribution in [-0.4, -0.2) is 21.4 Å². The quantitative estimate of drug-likeness (QED) is 0.649. The van der Waals surface area contributed by atoms with Crippen molar-refractivity contribution in [1.82, 2.24) is 9.97 Å². The lowest BCUT2D eigenvalue weighted by molar-refractivity contribution is -0.383. The van der Waals surface area contributed by atoms with E-state index in [1.807, 2.05) is 0 Å². The van der Waals surface area contributed by atoms with Gasteiger partial charge in [-0.15, -0.1) is 0 Å². The molecule has 1 aromatic heterocycles. The Kier molecular flexibility index (Phi) is 4.49. The minimum absolute atomic E-state index is 0.0283. The summed E-state index contributed by atoms with van der Waals surface area (Å²) < 4.78 is 13.0. The number of hydrogen-bond acceptors (Lipinski definition) is 6. The van der Waals surface area contributed by atoms with Crippen molar-refractivity contribution in [1.29, 1.82) is 0 Å². The lowest BCUT2D eigenvalue weighted by atomic mass is 10.3. The predicted molar refractivity (Wildman–Crippen MR) is 77.5 cm³/mol. The molecule has 0 aliphatic carbocycles. The zero-order valence-corrected chi connectivity index (χ0v) is 11.7. The summed E-state index contributed by atoms with van der Waals surface area (Å²) in [6.45, 7) is 2.25. The highest BCUT2D eigenvalue weighted by Gasteiger charge is 2.23. The molecule has 110 valence electrons. The number of nitro groups is 1. The Bertz CT molecular complexity index is 683. The van der Waals surface area contributed by atoms with Gasteiger partial charge in [-0.05, 0) is 25.1 Å². The van der Waals surface area contributed by atoms with Gasteiger partial charge in [0.1, 0.15) is 12.1 Å². The second-order valence-electron chi connectivity index (χ2n) is 3.96. The Balaban J connectivity index is 2.43. The molecule has 0 saturated heterocycles. The zero-order chi connectivity index (χ0) is 15.4. The number of benzene rings is 1. The molecule has 1 aromatic carbocycles. The van der Waals surface area contributed by atoms with Gasteiger partial charge in [0.15, 0.2) is 0 Å². The van der Waals surface area contributed by atoms with Gasteiger partial charge < -0.3 is 10.6 Å². The maximum absolute atomic E-state index is 13.0. The fourth-order valence-corrected chi connectivity index (χ4v) is 1.87. The van der Waals surface area contributed by atoms with Gasteiger partial charge >= 0.3 is 5.69 Å². The molecule has 2 aromatic rings. The molecule has 9 heteroatoms. The summed E-state index contributed by atoms with van der Waals surface area (Å²) in [5.41, 5.74) is 0.00190. The van der Waals surface area contributed by atoms with Gasteiger partial charge in [0.05, 0.1) is 15.6 Å². The van der Waals surface area contributed by atoms with E-state index in [0.29, 0.717) is 12.2 Å². The lowest BCUT2D eigenvalue weighted by Gasteiger charge is -2.10. The van der Waals surface area contributed by atoms with Crippen molar-refractivity contribution < 1.29 is 9.31 Å². The maximum Gasteiger partial charge on any atom is 0.353 e. The Morgan fingerprint density at radius 3 is 2.71 bits per heavy atom. The third kappa shape index (κ3) is 3.34. The van der Waals surface area contributed by atoms with E-state index in [1.54, 1.807) is 6.92 Å². The summed E-state index contributed by atoms with van der Waals surface area (Å²) in [5, 5.41) is 16.8. The van der Waals surface area contributed by atoms with E-state index in [2.05, 4.69) is 20.6 Å². The Morgan fingerprint density at radius 1 is 1.38 bits per heavy atom. The maximum atomic E-state index is 13.0. The van der Waals surface area contributed by atoms with Crippen LogP contribution in [0.2, 0.25) is 5.02 Å². The Hall–Kier alpha value is -2.48. The van der Waals surface area contributed by atoms with Crippen molar-refractivity contribution in [2.75, 3.05) is 17.2 Å². The summed E-state index contributed by atoms with van der Waals surface area (Å²) in [4.78, 5) is 18.3. The van der Waals surface area contributed by atoms with Crippen LogP contribution in [0.25, 0.3) is 0 Å². The minimum Gasteiger partial charge on any atom is -0.364 e. The molecule has 1 heterocycles. The summed E-state index contributed by atoms with van der Waals surface area (Å²) in [6, 6.07) is 3.66. The lowest BCUT2D eigenvalue weighted by Crippen LogP contribution is -2.07. The van der Waals surface area contributed by atoms with E-state index >= 15 is 0 Å². The molecule has 0 fully saturated rings. The number of nitrogens with one attached hydrogen (secondary N) is 2. The molecule has 0 unspecified atom stereocenters. The SMILES string of the molecule is CCNc1ncnc(Nc2ccc(F)cc2Cl)c1[N+](=O)[O-]. The monoisotopic (exact) mass is 311 g/mol. The summed E-state index contributed by atoms with van der Waals surface area (Å²) in [7, 11) is 0. The van der Waals surface area contributed by atoms with E-state index in [4.69, 9.17) is 11.6 Å². The van der Waals surface area contributed by atoms with Gasteiger partial charge in [0.25, 0.3) is 0 Å². The van der Waals surface area contributed by atoms with Gasteiger partial charge in [-0.1, -0.05) is 11.6 Å². The number of nitrogens with zero attached hydrogens (tertiary/aromatic N) is 3. The molecular formula is C12H11ClFN5O2. The molecular weight excluding hydrogens is 301 g/mol. The number of anilines is 3. The molecule has 0 spiro atoms. The summed E-state index contributed by atoms with van der Waals surface area (Å²) in [6.07, 6.45) is 1.19. The number of aromatic nitrogens is 2. The van der Waals surface area contributed by atoms with Crippen LogP contribution in [0, 0.1) is 15.9 Å². The van der Waals surface area contributed by atoms with Crippen LogP contribution < -0.4 is 10.6 Å². The summed E-state index contributed by atoms with van der Waals surface area (Å²) >= 11 is 5.88. The van der Waals surface area contributed by atoms with E-state index in [1.165, 1.54) is 18.5 Å². The van der Waals surface area contributed by atoms with Gasteiger partial charge in [-0.3, -0.25) is 10.1 Å². The molecule has 2 N–H and O–H groups in total. The van der Waals surface area contributed by atoms with Gasteiger partial charge in [-0.25, -0.2) is 14.4 Å². The molecule has 0 amide bonds. The standard InChI is InChI=1S/C12H11ClFN5O2/c1-2-15-11-10(19(20)21)12(17-6-16-11)18-9-4-3-7(14)5-8(9)13/h3-6H,2H2,1H3,(H2,15,16,17,18). The van der Waals surface area contributed by atoms with Crippen LogP contribution >= 0.6 is 11.6 Å². The normalized spacial score (nSPS) is 10.2. The van der Waals surface area contributed by atoms with E-state index in [-0.39, 0.29) is 22.3 Å². The second kappa shape index (κ2) is 6.31. The molecule has 21 heavy (non-hydrogen) atoms. The van der Waals surface area contributed by atoms with E-state index in [9.17, 15) is 14.5 Å². The van der Waals surface area contributed by atoms with Gasteiger partial charge in [0, 0.05) is 6.54 Å². The molecule has 0 radical (unpaired) electrons. The van der Waals surface area contributed by atoms with Crippen LogP contribution in [0.3, 0.4) is 0 Å². The third-order valence-corrected chi connectivity index (χ3v) is 2.85. The fourth-order valence-electron chi connectivity index (χ4n) is 1.66. The minimum atomic E-state index is -0.599. The summed E-state index contributed by atoms with van der Waals surface area (Å²) in [5.74, 6) is -0.436. The van der Waals surface area contributed by atoms with Crippen molar-refractivity contribution in [3.8, 4) is 0 Å². The first-order valence-corrected chi connectivity index (χ1v) is 6.36. The smallest absolute Gasteiger partial charge is 0.353 e. The zero-order valence-electron chi connectivity index (χ0n) is 10.9. The third-order valence-electron chi connectivity index (χ3n) is 2.53. The average Bonchev–Trinajstić information content (AvgIpc) is 2.42. The molecule has 0 saturated carbocycles. The highest BCUT2D eigenvalue weighted by atomic mass is 35.5. The van der Waals surface area contributed by atoms with Gasteiger partial charge in [0.2, 0.25) is 11.6 Å². The Labute approximate surface area is 124 Å². The first-order chi connectivity index (χ1) is 10.0. The highest BCUT2D eigenvalue weighted by molar-refractivity contribution is 6.33. The topological polar surface area (TPSA) is 93.0 Å². The van der Waals surface area contributed by atoms with Crippen molar-refractivity contribution in [3.05, 3.63) is 45.5 Å². The van der Waals surface area contributed by atoms with Crippen molar-refractivity contribution in [2.24, 2.45) is 0 Å². The van der Waals surface area contributed by atoms with Crippen LogP contribution in [0.5, 0.6) is 0 Å². The average molecular weight is 312 g/mol. The number of halogens is 2. The fraction of sp³-hybridized carbons (Fsp3) is 0.167. The second-order valence-corrected chi connectivity index (χ2v) is 4.36. The van der Waals surface area contributed by atoms with Crippen LogP contribution in [0.15, 0.2) is 24.5 Å².